The molecule has 4 rings (SSSR count). The standard InChI is InChI=1S/C23H23N3O4S/c1-4-5-12-30-18-11-6-15(13-19(18)29-3)14-20-22(27)26-23(31-20)24-21(25-26)16-7-9-17(28-2)10-8-16/h6-11,13-14H,4-5,12H2,1-3H3/b20-14-. The number of nitrogens with zero attached hydrogens (tertiary/aromatic N) is 3. The van der Waals surface area contributed by atoms with Crippen molar-refractivity contribution >= 4 is 22.4 Å². The van der Waals surface area contributed by atoms with E-state index in [0.717, 1.165) is 29.7 Å². The van der Waals surface area contributed by atoms with Crippen molar-refractivity contribution in [3.63, 3.8) is 0 Å². The molecule has 8 heteroatoms. The Hall–Kier alpha value is -3.39. The Morgan fingerprint density at radius 3 is 2.55 bits per heavy atom. The minimum absolute atomic E-state index is 0.200. The van der Waals surface area contributed by atoms with Crippen LogP contribution in [0.1, 0.15) is 25.3 Å². The van der Waals surface area contributed by atoms with E-state index in [1.807, 2.05) is 48.5 Å². The number of methoxy groups -OCH3 is 2. The third-order valence-electron chi connectivity index (χ3n) is 4.77. The van der Waals surface area contributed by atoms with Gasteiger partial charge in [0.1, 0.15) is 5.75 Å². The average Bonchev–Trinajstić information content (AvgIpc) is 3.34. The molecule has 7 nitrogen and oxygen atoms in total. The van der Waals surface area contributed by atoms with Gasteiger partial charge in [-0.05, 0) is 54.5 Å². The number of aromatic nitrogens is 3. The molecule has 0 aliphatic carbocycles. The quantitative estimate of drug-likeness (QED) is 0.393. The zero-order valence-corrected chi connectivity index (χ0v) is 18.4. The predicted octanol–water partition coefficient (Wildman–Crippen LogP) is 3.56. The van der Waals surface area contributed by atoms with E-state index in [1.54, 1.807) is 14.2 Å². The fourth-order valence-electron chi connectivity index (χ4n) is 3.07. The molecule has 0 amide bonds. The topological polar surface area (TPSA) is 75.0 Å². The summed E-state index contributed by atoms with van der Waals surface area (Å²) in [7, 11) is 3.22. The molecule has 0 saturated heterocycles. The highest BCUT2D eigenvalue weighted by Gasteiger charge is 2.12. The Balaban J connectivity index is 1.64. The zero-order valence-electron chi connectivity index (χ0n) is 17.6. The molecule has 2 heterocycles. The van der Waals surface area contributed by atoms with Gasteiger partial charge in [-0.15, -0.1) is 5.10 Å². The summed E-state index contributed by atoms with van der Waals surface area (Å²) in [5.41, 5.74) is 1.47. The first-order valence-corrected chi connectivity index (χ1v) is 10.8. The molecular weight excluding hydrogens is 414 g/mol. The van der Waals surface area contributed by atoms with Crippen LogP contribution in [0.4, 0.5) is 0 Å². The smallest absolute Gasteiger partial charge is 0.291 e. The van der Waals surface area contributed by atoms with Crippen LogP contribution in [0.5, 0.6) is 17.2 Å². The van der Waals surface area contributed by atoms with Crippen LogP contribution in [0, 0.1) is 0 Å². The largest absolute Gasteiger partial charge is 0.497 e. The lowest BCUT2D eigenvalue weighted by atomic mass is 10.2. The van der Waals surface area contributed by atoms with E-state index in [0.29, 0.717) is 33.4 Å². The third kappa shape index (κ3) is 4.39. The van der Waals surface area contributed by atoms with E-state index in [-0.39, 0.29) is 5.56 Å². The predicted molar refractivity (Wildman–Crippen MR) is 121 cm³/mol. The summed E-state index contributed by atoms with van der Waals surface area (Å²) in [6, 6.07) is 13.0. The second kappa shape index (κ2) is 9.18. The van der Waals surface area contributed by atoms with Gasteiger partial charge in [-0.25, -0.2) is 0 Å². The third-order valence-corrected chi connectivity index (χ3v) is 5.73. The van der Waals surface area contributed by atoms with Gasteiger partial charge in [-0.3, -0.25) is 4.79 Å². The monoisotopic (exact) mass is 437 g/mol. The molecule has 0 fully saturated rings. The summed E-state index contributed by atoms with van der Waals surface area (Å²) >= 11 is 1.30. The van der Waals surface area contributed by atoms with Gasteiger partial charge in [-0.1, -0.05) is 30.7 Å². The molecule has 0 atom stereocenters. The number of ether oxygens (including phenoxy) is 3. The highest BCUT2D eigenvalue weighted by atomic mass is 32.1. The Bertz CT molecular complexity index is 1300. The lowest BCUT2D eigenvalue weighted by Gasteiger charge is -2.10. The van der Waals surface area contributed by atoms with Crippen LogP contribution in [0.15, 0.2) is 47.3 Å². The number of fused-ring (bicyclic) bond motifs is 1. The molecule has 2 aromatic carbocycles. The van der Waals surface area contributed by atoms with Gasteiger partial charge in [0, 0.05) is 5.56 Å². The van der Waals surface area contributed by atoms with Gasteiger partial charge in [0.15, 0.2) is 17.3 Å². The Kier molecular flexibility index (Phi) is 6.18. The van der Waals surface area contributed by atoms with Gasteiger partial charge in [-0.2, -0.15) is 9.50 Å². The zero-order chi connectivity index (χ0) is 21.8. The van der Waals surface area contributed by atoms with Crippen LogP contribution < -0.4 is 24.3 Å². The molecule has 2 aromatic heterocycles. The van der Waals surface area contributed by atoms with E-state index in [4.69, 9.17) is 14.2 Å². The van der Waals surface area contributed by atoms with Crippen molar-refractivity contribution < 1.29 is 14.2 Å². The summed E-state index contributed by atoms with van der Waals surface area (Å²) < 4.78 is 18.3. The molecule has 0 saturated carbocycles. The molecular formula is C23H23N3O4S. The van der Waals surface area contributed by atoms with Crippen LogP contribution >= 0.6 is 11.3 Å². The van der Waals surface area contributed by atoms with Crippen LogP contribution in [-0.4, -0.2) is 35.4 Å². The summed E-state index contributed by atoms with van der Waals surface area (Å²) in [5.74, 6) is 2.59. The Morgan fingerprint density at radius 1 is 1.06 bits per heavy atom. The highest BCUT2D eigenvalue weighted by Crippen LogP contribution is 2.28. The van der Waals surface area contributed by atoms with Gasteiger partial charge < -0.3 is 14.2 Å². The molecule has 160 valence electrons. The minimum Gasteiger partial charge on any atom is -0.497 e. The van der Waals surface area contributed by atoms with Crippen LogP contribution in [-0.2, 0) is 0 Å². The number of hydrogen-bond acceptors (Lipinski definition) is 7. The average molecular weight is 438 g/mol. The lowest BCUT2D eigenvalue weighted by Crippen LogP contribution is -2.23. The number of unbranched alkanes of at least 4 members (excludes halogenated alkanes) is 1. The summed E-state index contributed by atoms with van der Waals surface area (Å²) in [4.78, 5) is 17.9. The fraction of sp³-hybridized carbons (Fsp3) is 0.261. The molecule has 0 aliphatic heterocycles. The van der Waals surface area contributed by atoms with E-state index in [9.17, 15) is 4.79 Å². The van der Waals surface area contributed by atoms with Crippen molar-refractivity contribution in [1.82, 2.24) is 14.6 Å². The Morgan fingerprint density at radius 2 is 1.87 bits per heavy atom. The number of thiazole rings is 1. The van der Waals surface area contributed by atoms with Crippen molar-refractivity contribution in [2.75, 3.05) is 20.8 Å². The molecule has 4 aromatic rings. The first-order chi connectivity index (χ1) is 15.1. The molecule has 0 radical (unpaired) electrons. The second-order valence-corrected chi connectivity index (χ2v) is 7.90. The molecule has 0 unspecified atom stereocenters. The minimum atomic E-state index is -0.200. The molecule has 31 heavy (non-hydrogen) atoms. The van der Waals surface area contributed by atoms with E-state index in [2.05, 4.69) is 17.0 Å². The van der Waals surface area contributed by atoms with E-state index < -0.39 is 0 Å². The van der Waals surface area contributed by atoms with Crippen molar-refractivity contribution in [3.8, 4) is 28.6 Å². The maximum absolute atomic E-state index is 12.8. The van der Waals surface area contributed by atoms with E-state index >= 15 is 0 Å². The number of hydrogen-bond donors (Lipinski definition) is 0. The van der Waals surface area contributed by atoms with Crippen LogP contribution in [0.25, 0.3) is 22.4 Å². The normalized spacial score (nSPS) is 11.8. The van der Waals surface area contributed by atoms with Crippen molar-refractivity contribution in [1.29, 1.82) is 0 Å². The van der Waals surface area contributed by atoms with Gasteiger partial charge in [0.2, 0.25) is 4.96 Å². The molecule has 0 spiro atoms. The second-order valence-electron chi connectivity index (χ2n) is 6.89. The van der Waals surface area contributed by atoms with Gasteiger partial charge >= 0.3 is 0 Å². The molecule has 0 N–H and O–H groups in total. The lowest BCUT2D eigenvalue weighted by molar-refractivity contribution is 0.288. The first-order valence-electron chi connectivity index (χ1n) is 9.99. The van der Waals surface area contributed by atoms with Gasteiger partial charge in [0.05, 0.1) is 25.4 Å². The van der Waals surface area contributed by atoms with Crippen LogP contribution in [0.2, 0.25) is 0 Å². The van der Waals surface area contributed by atoms with E-state index in [1.165, 1.54) is 15.9 Å². The summed E-state index contributed by atoms with van der Waals surface area (Å²) in [5, 5.41) is 4.39. The molecule has 0 aliphatic rings. The summed E-state index contributed by atoms with van der Waals surface area (Å²) in [6.07, 6.45) is 3.86. The molecule has 0 bridgehead atoms. The fourth-order valence-corrected chi connectivity index (χ4v) is 3.97. The van der Waals surface area contributed by atoms with Crippen LogP contribution in [0.3, 0.4) is 0 Å². The van der Waals surface area contributed by atoms with Crippen molar-refractivity contribution in [2.45, 2.75) is 19.8 Å². The Labute approximate surface area is 183 Å². The maximum Gasteiger partial charge on any atom is 0.291 e. The SMILES string of the molecule is CCCCOc1ccc(/C=c2\sc3nc(-c4ccc(OC)cc4)nn3c2=O)cc1OC. The highest BCUT2D eigenvalue weighted by molar-refractivity contribution is 7.15. The van der Waals surface area contributed by atoms with Gasteiger partial charge in [0.25, 0.3) is 5.56 Å². The van der Waals surface area contributed by atoms with Crippen molar-refractivity contribution in [2.24, 2.45) is 0 Å². The first kappa shape index (κ1) is 20.9. The number of benzene rings is 2. The summed E-state index contributed by atoms with van der Waals surface area (Å²) in [6.45, 7) is 2.76. The number of rotatable bonds is 8. The van der Waals surface area contributed by atoms with Crippen molar-refractivity contribution in [3.05, 3.63) is 62.9 Å². The maximum atomic E-state index is 12.8.